The molecular weight excluding hydrogens is 261 g/mol. The number of hydrogen-bond acceptors (Lipinski definition) is 1. The fraction of sp³-hybridized carbons (Fsp3) is 0.625. The van der Waals surface area contributed by atoms with Gasteiger partial charge in [0.2, 0.25) is 0 Å². The van der Waals surface area contributed by atoms with Gasteiger partial charge in [0, 0.05) is 12.6 Å². The molecule has 1 atom stereocenters. The van der Waals surface area contributed by atoms with E-state index in [1.54, 1.807) is 6.07 Å². The van der Waals surface area contributed by atoms with Gasteiger partial charge in [-0.1, -0.05) is 43.9 Å². The third kappa shape index (κ3) is 3.93. The molecular formula is C16H23ClFN. The second-order valence-electron chi connectivity index (χ2n) is 6.15. The molecule has 1 aliphatic carbocycles. The maximum absolute atomic E-state index is 13.5. The highest BCUT2D eigenvalue weighted by atomic mass is 35.5. The Morgan fingerprint density at radius 3 is 2.63 bits per heavy atom. The van der Waals surface area contributed by atoms with Crippen LogP contribution in [0.15, 0.2) is 18.2 Å². The zero-order valence-corrected chi connectivity index (χ0v) is 12.6. The zero-order chi connectivity index (χ0) is 13.9. The number of nitrogens with one attached hydrogen (secondary N) is 1. The van der Waals surface area contributed by atoms with E-state index in [-0.39, 0.29) is 16.9 Å². The summed E-state index contributed by atoms with van der Waals surface area (Å²) < 4.78 is 13.5. The first-order chi connectivity index (χ1) is 9.00. The van der Waals surface area contributed by atoms with Gasteiger partial charge in [0.05, 0.1) is 5.02 Å². The third-order valence-electron chi connectivity index (χ3n) is 4.34. The number of hydrogen-bond donors (Lipinski definition) is 1. The predicted molar refractivity (Wildman–Crippen MR) is 79.0 cm³/mol. The maximum Gasteiger partial charge on any atom is 0.142 e. The molecule has 106 valence electrons. The molecule has 1 aliphatic rings. The first-order valence-corrected chi connectivity index (χ1v) is 7.56. The minimum atomic E-state index is -0.336. The number of halogens is 2. The van der Waals surface area contributed by atoms with E-state index in [4.69, 9.17) is 11.6 Å². The molecule has 1 nitrogen and oxygen atoms in total. The summed E-state index contributed by atoms with van der Waals surface area (Å²) in [6.07, 6.45) is 6.63. The van der Waals surface area contributed by atoms with Crippen molar-refractivity contribution < 1.29 is 4.39 Å². The molecule has 0 spiro atoms. The highest BCUT2D eigenvalue weighted by molar-refractivity contribution is 6.30. The average molecular weight is 284 g/mol. The van der Waals surface area contributed by atoms with Crippen LogP contribution in [0.2, 0.25) is 5.02 Å². The van der Waals surface area contributed by atoms with Crippen LogP contribution in [-0.2, 0) is 0 Å². The van der Waals surface area contributed by atoms with Gasteiger partial charge in [-0.3, -0.25) is 0 Å². The van der Waals surface area contributed by atoms with Crippen molar-refractivity contribution in [3.05, 3.63) is 34.6 Å². The van der Waals surface area contributed by atoms with Crippen LogP contribution in [0.5, 0.6) is 0 Å². The van der Waals surface area contributed by atoms with Crippen LogP contribution in [0.3, 0.4) is 0 Å². The van der Waals surface area contributed by atoms with Gasteiger partial charge in [0.15, 0.2) is 0 Å². The van der Waals surface area contributed by atoms with Crippen molar-refractivity contribution in [3.8, 4) is 0 Å². The molecule has 1 aromatic rings. The van der Waals surface area contributed by atoms with Crippen molar-refractivity contribution in [1.82, 2.24) is 5.32 Å². The zero-order valence-electron chi connectivity index (χ0n) is 11.8. The van der Waals surface area contributed by atoms with E-state index in [1.165, 1.54) is 38.2 Å². The van der Waals surface area contributed by atoms with Gasteiger partial charge in [-0.25, -0.2) is 4.39 Å². The second kappa shape index (κ2) is 6.23. The Morgan fingerprint density at radius 1 is 1.32 bits per heavy atom. The minimum Gasteiger partial charge on any atom is -0.310 e. The van der Waals surface area contributed by atoms with Gasteiger partial charge in [-0.05, 0) is 42.9 Å². The quantitative estimate of drug-likeness (QED) is 0.810. The summed E-state index contributed by atoms with van der Waals surface area (Å²) in [6, 6.07) is 5.22. The van der Waals surface area contributed by atoms with Crippen LogP contribution >= 0.6 is 11.6 Å². The Hall–Kier alpha value is -0.600. The third-order valence-corrected chi connectivity index (χ3v) is 4.65. The predicted octanol–water partition coefficient (Wildman–Crippen LogP) is 5.10. The summed E-state index contributed by atoms with van der Waals surface area (Å²) in [5.74, 6) is -0.336. The Bertz CT molecular complexity index is 427. The van der Waals surface area contributed by atoms with Gasteiger partial charge in [-0.15, -0.1) is 0 Å². The molecule has 0 radical (unpaired) electrons. The van der Waals surface area contributed by atoms with Crippen LogP contribution in [0.4, 0.5) is 4.39 Å². The van der Waals surface area contributed by atoms with Crippen LogP contribution in [0, 0.1) is 11.2 Å². The fourth-order valence-electron chi connectivity index (χ4n) is 2.88. The SMILES string of the molecule is CC(NCC1(C)CCCCC1)c1ccc(Cl)c(F)c1. The first kappa shape index (κ1) is 14.8. The molecule has 1 saturated carbocycles. The molecule has 19 heavy (non-hydrogen) atoms. The molecule has 1 N–H and O–H groups in total. The molecule has 0 heterocycles. The molecule has 3 heteroatoms. The lowest BCUT2D eigenvalue weighted by molar-refractivity contribution is 0.202. The molecule has 0 aromatic heterocycles. The highest BCUT2D eigenvalue weighted by Gasteiger charge is 2.26. The summed E-state index contributed by atoms with van der Waals surface area (Å²) in [5, 5.41) is 3.74. The van der Waals surface area contributed by atoms with Crippen LogP contribution in [0.1, 0.15) is 57.6 Å². The standard InChI is InChI=1S/C16H23ClFN/c1-12(13-6-7-14(17)15(18)10-13)19-11-16(2)8-4-3-5-9-16/h6-7,10,12,19H,3-5,8-9,11H2,1-2H3. The molecule has 1 unspecified atom stereocenters. The van der Waals surface area contributed by atoms with Crippen molar-refractivity contribution in [2.75, 3.05) is 6.54 Å². The van der Waals surface area contributed by atoms with Crippen molar-refractivity contribution >= 4 is 11.6 Å². The second-order valence-corrected chi connectivity index (χ2v) is 6.55. The van der Waals surface area contributed by atoms with Gasteiger partial charge >= 0.3 is 0 Å². The van der Waals surface area contributed by atoms with Crippen molar-refractivity contribution in [1.29, 1.82) is 0 Å². The molecule has 0 bridgehead atoms. The number of benzene rings is 1. The summed E-state index contributed by atoms with van der Waals surface area (Å²) in [5.41, 5.74) is 1.36. The summed E-state index contributed by atoms with van der Waals surface area (Å²) >= 11 is 5.71. The van der Waals surface area contributed by atoms with Gasteiger partial charge in [0.25, 0.3) is 0 Å². The highest BCUT2D eigenvalue weighted by Crippen LogP contribution is 2.35. The fourth-order valence-corrected chi connectivity index (χ4v) is 3.00. The molecule has 1 aromatic carbocycles. The van der Waals surface area contributed by atoms with E-state index in [1.807, 2.05) is 6.07 Å². The van der Waals surface area contributed by atoms with Gasteiger partial charge in [-0.2, -0.15) is 0 Å². The topological polar surface area (TPSA) is 12.0 Å². The van der Waals surface area contributed by atoms with E-state index >= 15 is 0 Å². The molecule has 0 amide bonds. The van der Waals surface area contributed by atoms with Crippen molar-refractivity contribution in [2.24, 2.45) is 5.41 Å². The van der Waals surface area contributed by atoms with Gasteiger partial charge in [0.1, 0.15) is 5.82 Å². The van der Waals surface area contributed by atoms with E-state index in [2.05, 4.69) is 19.2 Å². The summed E-state index contributed by atoms with van der Waals surface area (Å²) in [4.78, 5) is 0. The van der Waals surface area contributed by atoms with E-state index in [9.17, 15) is 4.39 Å². The Labute approximate surface area is 120 Å². The monoisotopic (exact) mass is 283 g/mol. The summed E-state index contributed by atoms with van der Waals surface area (Å²) in [7, 11) is 0. The van der Waals surface area contributed by atoms with E-state index in [0.717, 1.165) is 12.1 Å². The lowest BCUT2D eigenvalue weighted by Crippen LogP contribution is -2.35. The van der Waals surface area contributed by atoms with Crippen LogP contribution in [0.25, 0.3) is 0 Å². The lowest BCUT2D eigenvalue weighted by atomic mass is 9.75. The van der Waals surface area contributed by atoms with Crippen molar-refractivity contribution in [2.45, 2.75) is 52.0 Å². The van der Waals surface area contributed by atoms with Crippen LogP contribution in [-0.4, -0.2) is 6.54 Å². The van der Waals surface area contributed by atoms with Crippen molar-refractivity contribution in [3.63, 3.8) is 0 Å². The molecule has 0 saturated heterocycles. The van der Waals surface area contributed by atoms with E-state index in [0.29, 0.717) is 5.41 Å². The largest absolute Gasteiger partial charge is 0.310 e. The summed E-state index contributed by atoms with van der Waals surface area (Å²) in [6.45, 7) is 5.43. The average Bonchev–Trinajstić information content (AvgIpc) is 2.40. The minimum absolute atomic E-state index is 0.158. The molecule has 2 rings (SSSR count). The Kier molecular flexibility index (Phi) is 4.86. The smallest absolute Gasteiger partial charge is 0.142 e. The maximum atomic E-state index is 13.5. The van der Waals surface area contributed by atoms with Crippen LogP contribution < -0.4 is 5.32 Å². The Morgan fingerprint density at radius 2 is 2.00 bits per heavy atom. The Balaban J connectivity index is 1.93. The molecule has 0 aliphatic heterocycles. The first-order valence-electron chi connectivity index (χ1n) is 7.18. The lowest BCUT2D eigenvalue weighted by Gasteiger charge is -2.35. The molecule has 1 fully saturated rings. The van der Waals surface area contributed by atoms with E-state index < -0.39 is 0 Å². The normalized spacial score (nSPS) is 20.2. The van der Waals surface area contributed by atoms with Gasteiger partial charge < -0.3 is 5.32 Å². The number of rotatable bonds is 4.